The van der Waals surface area contributed by atoms with E-state index < -0.39 is 0 Å². The lowest BCUT2D eigenvalue weighted by Crippen LogP contribution is -1.94. The number of fused-ring (bicyclic) bond motifs is 6. The van der Waals surface area contributed by atoms with E-state index in [1.54, 1.807) is 0 Å². The molecule has 8 aromatic carbocycles. The summed E-state index contributed by atoms with van der Waals surface area (Å²) in [4.78, 5) is 0. The Labute approximate surface area is 255 Å². The van der Waals surface area contributed by atoms with Crippen molar-refractivity contribution in [2.24, 2.45) is 0 Å². The van der Waals surface area contributed by atoms with Crippen molar-refractivity contribution < 1.29 is 0 Å². The summed E-state index contributed by atoms with van der Waals surface area (Å²) in [5.41, 5.74) is 13.3. The molecular formula is C43H25N. The summed E-state index contributed by atoms with van der Waals surface area (Å²) in [5.74, 6) is 0. The van der Waals surface area contributed by atoms with Crippen LogP contribution < -0.4 is 0 Å². The van der Waals surface area contributed by atoms with Crippen LogP contribution in [0, 0.1) is 11.3 Å². The zero-order valence-electron chi connectivity index (χ0n) is 23.9. The Morgan fingerprint density at radius 2 is 0.977 bits per heavy atom. The molecule has 8 aromatic rings. The molecule has 0 fully saturated rings. The van der Waals surface area contributed by atoms with Gasteiger partial charge in [0, 0.05) is 0 Å². The van der Waals surface area contributed by atoms with Crippen LogP contribution in [0.4, 0.5) is 0 Å². The second-order valence-electron chi connectivity index (χ2n) is 11.6. The molecule has 202 valence electrons. The fourth-order valence-electron chi connectivity index (χ4n) is 7.28. The molecule has 1 heteroatoms. The maximum atomic E-state index is 9.42. The monoisotopic (exact) mass is 555 g/mol. The molecule has 0 aromatic heterocycles. The van der Waals surface area contributed by atoms with Gasteiger partial charge in [0.25, 0.3) is 0 Å². The predicted molar refractivity (Wildman–Crippen MR) is 184 cm³/mol. The molecule has 0 amide bonds. The lowest BCUT2D eigenvalue weighted by atomic mass is 9.82. The first-order chi connectivity index (χ1) is 21.8. The van der Waals surface area contributed by atoms with Crippen molar-refractivity contribution in [1.29, 1.82) is 5.26 Å². The van der Waals surface area contributed by atoms with E-state index >= 15 is 0 Å². The SMILES string of the molecule is N#Cc1ccc2c(ccc3cc(-c4cc(-c5ccccc5)c5c(c4-c4ccccc4)-c4cccc6cccc-5c46)ccc32)c1. The Bertz CT molecular complexity index is 2480. The lowest BCUT2D eigenvalue weighted by Gasteiger charge is -2.21. The van der Waals surface area contributed by atoms with Gasteiger partial charge in [-0.05, 0) is 112 Å². The summed E-state index contributed by atoms with van der Waals surface area (Å²) >= 11 is 0. The van der Waals surface area contributed by atoms with Crippen molar-refractivity contribution in [3.05, 3.63) is 157 Å². The maximum absolute atomic E-state index is 9.42. The van der Waals surface area contributed by atoms with Crippen LogP contribution in [-0.2, 0) is 0 Å². The van der Waals surface area contributed by atoms with E-state index in [-0.39, 0.29) is 0 Å². The highest BCUT2D eigenvalue weighted by Gasteiger charge is 2.30. The fraction of sp³-hybridized carbons (Fsp3) is 0. The molecule has 1 aliphatic rings. The van der Waals surface area contributed by atoms with Crippen LogP contribution in [0.5, 0.6) is 0 Å². The van der Waals surface area contributed by atoms with E-state index in [1.807, 2.05) is 12.1 Å². The molecule has 0 unspecified atom stereocenters. The largest absolute Gasteiger partial charge is 0.192 e. The zero-order chi connectivity index (χ0) is 29.2. The average molecular weight is 556 g/mol. The van der Waals surface area contributed by atoms with Gasteiger partial charge in [-0.25, -0.2) is 0 Å². The summed E-state index contributed by atoms with van der Waals surface area (Å²) in [7, 11) is 0. The van der Waals surface area contributed by atoms with Gasteiger partial charge in [-0.2, -0.15) is 5.26 Å². The van der Waals surface area contributed by atoms with Crippen LogP contribution in [0.1, 0.15) is 5.56 Å². The summed E-state index contributed by atoms with van der Waals surface area (Å²) in [6, 6.07) is 56.9. The van der Waals surface area contributed by atoms with Gasteiger partial charge in [-0.1, -0.05) is 127 Å². The molecule has 1 aliphatic carbocycles. The molecule has 0 saturated carbocycles. The van der Waals surface area contributed by atoms with Crippen LogP contribution in [-0.4, -0.2) is 0 Å². The number of hydrogen-bond acceptors (Lipinski definition) is 1. The summed E-state index contributed by atoms with van der Waals surface area (Å²) in [6.07, 6.45) is 0. The quantitative estimate of drug-likeness (QED) is 0.199. The van der Waals surface area contributed by atoms with E-state index in [4.69, 9.17) is 0 Å². The van der Waals surface area contributed by atoms with Crippen molar-refractivity contribution in [2.75, 3.05) is 0 Å². The molecule has 0 heterocycles. The smallest absolute Gasteiger partial charge is 0.0991 e. The van der Waals surface area contributed by atoms with Crippen molar-refractivity contribution in [1.82, 2.24) is 0 Å². The van der Waals surface area contributed by atoms with Crippen molar-refractivity contribution in [2.45, 2.75) is 0 Å². The topological polar surface area (TPSA) is 23.8 Å². The van der Waals surface area contributed by atoms with Gasteiger partial charge in [0.15, 0.2) is 0 Å². The minimum atomic E-state index is 0.684. The number of hydrogen-bond donors (Lipinski definition) is 0. The average Bonchev–Trinajstić information content (AvgIpc) is 3.43. The van der Waals surface area contributed by atoms with Gasteiger partial charge in [0.1, 0.15) is 0 Å². The number of benzene rings is 8. The van der Waals surface area contributed by atoms with Gasteiger partial charge < -0.3 is 0 Å². The Morgan fingerprint density at radius 1 is 0.364 bits per heavy atom. The second kappa shape index (κ2) is 9.53. The van der Waals surface area contributed by atoms with E-state index in [0.29, 0.717) is 5.56 Å². The molecule has 0 saturated heterocycles. The van der Waals surface area contributed by atoms with E-state index in [1.165, 1.54) is 77.2 Å². The molecule has 0 aliphatic heterocycles. The molecule has 0 bridgehead atoms. The van der Waals surface area contributed by atoms with E-state index in [2.05, 4.69) is 146 Å². The maximum Gasteiger partial charge on any atom is 0.0991 e. The minimum absolute atomic E-state index is 0.684. The summed E-state index contributed by atoms with van der Waals surface area (Å²) in [5, 5.41) is 16.7. The molecule has 9 rings (SSSR count). The molecule has 0 radical (unpaired) electrons. The first-order valence-electron chi connectivity index (χ1n) is 15.0. The predicted octanol–water partition coefficient (Wildman–Crippen LogP) is 11.7. The third-order valence-corrected chi connectivity index (χ3v) is 9.19. The Balaban J connectivity index is 1.40. The summed E-state index contributed by atoms with van der Waals surface area (Å²) < 4.78 is 0. The Hall–Kier alpha value is -5.97. The van der Waals surface area contributed by atoms with Crippen molar-refractivity contribution in [3.8, 4) is 61.7 Å². The van der Waals surface area contributed by atoms with Gasteiger partial charge >= 0.3 is 0 Å². The second-order valence-corrected chi connectivity index (χ2v) is 11.6. The van der Waals surface area contributed by atoms with Crippen LogP contribution in [0.15, 0.2) is 152 Å². The number of rotatable bonds is 3. The van der Waals surface area contributed by atoms with Crippen molar-refractivity contribution >= 4 is 32.3 Å². The Kier molecular flexibility index (Phi) is 5.33. The molecule has 1 nitrogen and oxygen atoms in total. The minimum Gasteiger partial charge on any atom is -0.192 e. The third-order valence-electron chi connectivity index (χ3n) is 9.19. The Morgan fingerprint density at radius 3 is 1.68 bits per heavy atom. The van der Waals surface area contributed by atoms with Crippen LogP contribution in [0.2, 0.25) is 0 Å². The fourth-order valence-corrected chi connectivity index (χ4v) is 7.28. The molecule has 0 spiro atoms. The first kappa shape index (κ1) is 24.6. The molecule has 0 N–H and O–H groups in total. The molecule has 44 heavy (non-hydrogen) atoms. The highest BCUT2D eigenvalue weighted by molar-refractivity contribution is 6.23. The van der Waals surface area contributed by atoms with Crippen LogP contribution in [0.25, 0.3) is 88.0 Å². The van der Waals surface area contributed by atoms with E-state index in [0.717, 1.165) is 10.8 Å². The lowest BCUT2D eigenvalue weighted by molar-refractivity contribution is 1.50. The standard InChI is InChI=1S/C43H25N/c44-26-27-17-21-34-31(23-27)18-19-32-24-33(20-22-35(32)34)39-25-38(28-9-3-1-4-10-28)42-36-15-7-13-29-14-8-16-37(40(29)36)43(42)41(39)30-11-5-2-6-12-30/h1-25H. The highest BCUT2D eigenvalue weighted by Crippen LogP contribution is 2.57. The van der Waals surface area contributed by atoms with Crippen molar-refractivity contribution in [3.63, 3.8) is 0 Å². The van der Waals surface area contributed by atoms with E-state index in [9.17, 15) is 5.26 Å². The normalized spacial score (nSPS) is 11.6. The number of nitrogens with zero attached hydrogens (tertiary/aromatic N) is 1. The zero-order valence-corrected chi connectivity index (χ0v) is 23.9. The van der Waals surface area contributed by atoms with Crippen LogP contribution in [0.3, 0.4) is 0 Å². The van der Waals surface area contributed by atoms with Gasteiger partial charge in [-0.15, -0.1) is 0 Å². The first-order valence-corrected chi connectivity index (χ1v) is 15.0. The van der Waals surface area contributed by atoms with Gasteiger partial charge in [0.2, 0.25) is 0 Å². The number of nitriles is 1. The van der Waals surface area contributed by atoms with Crippen LogP contribution >= 0.6 is 0 Å². The van der Waals surface area contributed by atoms with Gasteiger partial charge in [-0.3, -0.25) is 0 Å². The molecule has 0 atom stereocenters. The van der Waals surface area contributed by atoms with Gasteiger partial charge in [0.05, 0.1) is 11.6 Å². The highest BCUT2D eigenvalue weighted by atomic mass is 14.3. The third kappa shape index (κ3) is 3.59. The summed E-state index contributed by atoms with van der Waals surface area (Å²) in [6.45, 7) is 0. The molecular weight excluding hydrogens is 530 g/mol.